The summed E-state index contributed by atoms with van der Waals surface area (Å²) in [4.78, 5) is 0. The van der Waals surface area contributed by atoms with Gasteiger partial charge in [-0.3, -0.25) is 0 Å². The molecule has 6 aromatic heterocycles. The molecule has 21 rings (SSSR count). The Morgan fingerprint density at radius 2 is 0.410 bits per heavy atom. The third kappa shape index (κ3) is 8.20. The maximum Gasteiger partial charge on any atom is 0.242 e. The minimum Gasteiger partial charge on any atom is -0.309 e. The van der Waals surface area contributed by atoms with E-state index in [4.69, 9.17) is 0 Å². The van der Waals surface area contributed by atoms with Crippen LogP contribution in [0.2, 0.25) is 0 Å². The van der Waals surface area contributed by atoms with Crippen molar-refractivity contribution in [1.29, 1.82) is 0 Å². The standard InChI is InChI=1S/C93H63BN6/c1-58-50-59(2)93(60(3)51-58)94(61-22-20-24-67(52-61)99-87-40-18-10-32-75(87)79-54-77-73-30-8-16-38-85(73)97(89(77)56-91(79)99)65-46-42-63(43-47-65)95-81-34-12-4-26-69(81)70-27-5-13-35-82(70)95)62-23-21-25-68(53-62)100-88-41-19-11-33-76(88)80-55-78-74-31-9-17-39-86(74)98(90(78)57-92(80)100)66-48-44-64(45-49-66)96-83-36-14-6-28-71(83)72-29-7-15-37-84(72)96/h4-57H,1-3H3. The normalized spacial score (nSPS) is 12.2. The number of hydrogen-bond donors (Lipinski definition) is 0. The Labute approximate surface area is 577 Å². The molecule has 7 heteroatoms. The fourth-order valence-electron chi connectivity index (χ4n) is 17.7. The number of aromatic nitrogens is 6. The molecule has 6 nitrogen and oxygen atoms in total. The van der Waals surface area contributed by atoms with Gasteiger partial charge in [-0.15, -0.1) is 0 Å². The van der Waals surface area contributed by atoms with Gasteiger partial charge < -0.3 is 27.4 Å². The van der Waals surface area contributed by atoms with Crippen molar-refractivity contribution in [3.63, 3.8) is 0 Å². The van der Waals surface area contributed by atoms with Crippen LogP contribution in [0.15, 0.2) is 328 Å². The zero-order valence-corrected chi connectivity index (χ0v) is 55.4. The number of benzene rings is 15. The van der Waals surface area contributed by atoms with E-state index >= 15 is 0 Å². The summed E-state index contributed by atoms with van der Waals surface area (Å²) in [5, 5.41) is 14.9. The maximum absolute atomic E-state index is 2.52. The van der Waals surface area contributed by atoms with Crippen molar-refractivity contribution in [1.82, 2.24) is 27.4 Å². The van der Waals surface area contributed by atoms with Gasteiger partial charge in [-0.2, -0.15) is 0 Å². The quantitative estimate of drug-likeness (QED) is 0.129. The highest BCUT2D eigenvalue weighted by molar-refractivity contribution is 6.96. The van der Waals surface area contributed by atoms with E-state index in [1.54, 1.807) is 0 Å². The van der Waals surface area contributed by atoms with E-state index in [-0.39, 0.29) is 6.71 Å². The van der Waals surface area contributed by atoms with Gasteiger partial charge in [0.2, 0.25) is 6.71 Å². The van der Waals surface area contributed by atoms with E-state index < -0.39 is 0 Å². The van der Waals surface area contributed by atoms with E-state index in [1.165, 1.54) is 142 Å². The molecule has 0 fully saturated rings. The second-order valence-corrected chi connectivity index (χ2v) is 27.4. The molecule has 0 saturated heterocycles. The monoisotopic (exact) mass is 1270 g/mol. The topological polar surface area (TPSA) is 29.6 Å². The van der Waals surface area contributed by atoms with Gasteiger partial charge in [0.25, 0.3) is 0 Å². The van der Waals surface area contributed by atoms with Gasteiger partial charge in [0.1, 0.15) is 0 Å². The largest absolute Gasteiger partial charge is 0.309 e. The predicted molar refractivity (Wildman–Crippen MR) is 424 cm³/mol. The minimum absolute atomic E-state index is 0.110. The highest BCUT2D eigenvalue weighted by atomic mass is 15.0. The molecule has 0 spiro atoms. The lowest BCUT2D eigenvalue weighted by Gasteiger charge is -2.23. The first kappa shape index (κ1) is 56.4. The smallest absolute Gasteiger partial charge is 0.242 e. The number of fused-ring (bicyclic) bond motifs is 18. The van der Waals surface area contributed by atoms with Crippen LogP contribution in [0.1, 0.15) is 16.7 Å². The molecule has 0 aliphatic rings. The van der Waals surface area contributed by atoms with E-state index in [2.05, 4.69) is 376 Å². The number of aryl methyl sites for hydroxylation is 3. The van der Waals surface area contributed by atoms with Crippen molar-refractivity contribution in [2.75, 3.05) is 0 Å². The molecule has 0 aliphatic heterocycles. The van der Waals surface area contributed by atoms with Crippen molar-refractivity contribution in [2.24, 2.45) is 0 Å². The second kappa shape index (κ2) is 21.6. The number of rotatable bonds is 9. The van der Waals surface area contributed by atoms with E-state index in [1.807, 2.05) is 0 Å². The summed E-state index contributed by atoms with van der Waals surface area (Å²) in [5.41, 5.74) is 28.5. The minimum atomic E-state index is -0.110. The maximum atomic E-state index is 2.52. The highest BCUT2D eigenvalue weighted by Gasteiger charge is 2.29. The Bertz CT molecular complexity index is 6480. The summed E-state index contributed by atoms with van der Waals surface area (Å²) < 4.78 is 14.8. The molecule has 0 atom stereocenters. The first-order valence-corrected chi connectivity index (χ1v) is 34.8. The molecule has 0 aliphatic carbocycles. The summed E-state index contributed by atoms with van der Waals surface area (Å²) in [6.45, 7) is 6.73. The molecule has 0 amide bonds. The highest BCUT2D eigenvalue weighted by Crippen LogP contribution is 2.43. The predicted octanol–water partition coefficient (Wildman–Crippen LogP) is 21.7. The molecular weight excluding hydrogens is 1210 g/mol. The zero-order valence-electron chi connectivity index (χ0n) is 55.4. The van der Waals surface area contributed by atoms with E-state index in [0.717, 1.165) is 56.2 Å². The Hall–Kier alpha value is -12.8. The van der Waals surface area contributed by atoms with Crippen LogP contribution in [0, 0.1) is 20.8 Å². The van der Waals surface area contributed by atoms with Gasteiger partial charge in [0, 0.05) is 98.8 Å². The molecule has 0 N–H and O–H groups in total. The lowest BCUT2D eigenvalue weighted by molar-refractivity contribution is 1.14. The van der Waals surface area contributed by atoms with Gasteiger partial charge in [-0.05, 0) is 166 Å². The van der Waals surface area contributed by atoms with Gasteiger partial charge in [0.05, 0.1) is 66.2 Å². The lowest BCUT2D eigenvalue weighted by Crippen LogP contribution is -2.54. The van der Waals surface area contributed by atoms with Gasteiger partial charge >= 0.3 is 0 Å². The van der Waals surface area contributed by atoms with Crippen LogP contribution in [0.4, 0.5) is 0 Å². The summed E-state index contributed by atoms with van der Waals surface area (Å²) in [5.74, 6) is 0. The summed E-state index contributed by atoms with van der Waals surface area (Å²) >= 11 is 0. The van der Waals surface area contributed by atoms with Crippen LogP contribution in [0.3, 0.4) is 0 Å². The SMILES string of the molecule is Cc1cc(C)c(B(c2cccc(-n3c4ccccc4c4cc5c6ccccc6n(-c6ccc(-n7c8ccccc8c8ccccc87)cc6)c5cc43)c2)c2cccc(-n3c4ccccc4c4cc5c6ccccc6n(-c6ccc(-n7c8ccccc8c8ccccc87)cc6)c5cc43)c2)c(C)c1. The van der Waals surface area contributed by atoms with Crippen LogP contribution in [-0.4, -0.2) is 34.1 Å². The molecule has 0 unspecified atom stereocenters. The molecule has 6 heterocycles. The Balaban J connectivity index is 0.721. The van der Waals surface area contributed by atoms with Gasteiger partial charge in [-0.25, -0.2) is 0 Å². The van der Waals surface area contributed by atoms with E-state index in [0.29, 0.717) is 0 Å². The van der Waals surface area contributed by atoms with Crippen LogP contribution in [-0.2, 0) is 0 Å². The molecular formula is C93H63BN6. The fourth-order valence-corrected chi connectivity index (χ4v) is 17.7. The van der Waals surface area contributed by atoms with Crippen molar-refractivity contribution in [3.8, 4) is 34.1 Å². The lowest BCUT2D eigenvalue weighted by atomic mass is 9.35. The molecule has 0 saturated carbocycles. The first-order chi connectivity index (χ1) is 49.4. The van der Waals surface area contributed by atoms with Crippen LogP contribution in [0.25, 0.3) is 165 Å². The number of hydrogen-bond acceptors (Lipinski definition) is 0. The average molecular weight is 1280 g/mol. The molecule has 15 aromatic carbocycles. The van der Waals surface area contributed by atoms with Crippen molar-refractivity contribution in [3.05, 3.63) is 344 Å². The van der Waals surface area contributed by atoms with Crippen molar-refractivity contribution in [2.45, 2.75) is 20.8 Å². The third-order valence-corrected chi connectivity index (χ3v) is 21.8. The summed E-state index contributed by atoms with van der Waals surface area (Å²) in [6.07, 6.45) is 0. The second-order valence-electron chi connectivity index (χ2n) is 27.4. The van der Waals surface area contributed by atoms with Crippen molar-refractivity contribution < 1.29 is 0 Å². The first-order valence-electron chi connectivity index (χ1n) is 34.8. The Morgan fingerprint density at radius 3 is 0.680 bits per heavy atom. The van der Waals surface area contributed by atoms with Crippen LogP contribution in [0.5, 0.6) is 0 Å². The van der Waals surface area contributed by atoms with Crippen LogP contribution < -0.4 is 16.4 Å². The Morgan fingerprint density at radius 1 is 0.180 bits per heavy atom. The Kier molecular flexibility index (Phi) is 12.2. The van der Waals surface area contributed by atoms with E-state index in [9.17, 15) is 0 Å². The van der Waals surface area contributed by atoms with Crippen LogP contribution >= 0.6 is 0 Å². The number of nitrogens with zero attached hydrogens (tertiary/aromatic N) is 6. The average Bonchev–Trinajstić information content (AvgIpc) is 1.56. The van der Waals surface area contributed by atoms with Gasteiger partial charge in [0.15, 0.2) is 0 Å². The molecule has 100 heavy (non-hydrogen) atoms. The molecule has 21 aromatic rings. The molecule has 0 bridgehead atoms. The van der Waals surface area contributed by atoms with Crippen molar-refractivity contribution >= 4 is 154 Å². The molecule has 468 valence electrons. The number of para-hydroxylation sites is 8. The zero-order chi connectivity index (χ0) is 66.0. The molecule has 0 radical (unpaired) electrons. The summed E-state index contributed by atoms with van der Waals surface area (Å²) in [7, 11) is 0. The third-order valence-electron chi connectivity index (χ3n) is 21.8. The van der Waals surface area contributed by atoms with Gasteiger partial charge in [-0.1, -0.05) is 215 Å². The fraction of sp³-hybridized carbons (Fsp3) is 0.0323. The summed E-state index contributed by atoms with van der Waals surface area (Å²) in [6, 6.07) is 122.